The molecule has 0 bridgehead atoms. The Morgan fingerprint density at radius 3 is 2.85 bits per heavy atom. The van der Waals surface area contributed by atoms with Gasteiger partial charge in [0.05, 0.1) is 7.11 Å². The number of fused-ring (bicyclic) bond motifs is 1. The third kappa shape index (κ3) is 3.39. The summed E-state index contributed by atoms with van der Waals surface area (Å²) in [5.74, 6) is 1.89. The minimum absolute atomic E-state index is 0.877. The summed E-state index contributed by atoms with van der Waals surface area (Å²) in [5, 5.41) is 5.73. The number of hydrogen-bond donors (Lipinski definition) is 1. The van der Waals surface area contributed by atoms with Crippen LogP contribution in [-0.4, -0.2) is 38.8 Å². The standard InChI is InChI=1S/C16H23N3O/c1-4-8-17-10-11-19(2)16-15-6-5-14(20-3)12-13(15)7-9-18-16/h5-7,9,12,17H,4,8,10-11H2,1-3H3. The van der Waals surface area contributed by atoms with Crippen molar-refractivity contribution >= 4 is 16.6 Å². The number of hydrogen-bond acceptors (Lipinski definition) is 4. The van der Waals surface area contributed by atoms with Crippen molar-refractivity contribution < 1.29 is 4.74 Å². The fourth-order valence-electron chi connectivity index (χ4n) is 2.23. The molecule has 0 saturated carbocycles. The van der Waals surface area contributed by atoms with Crippen LogP contribution < -0.4 is 15.0 Å². The molecule has 0 fully saturated rings. The molecule has 1 N–H and O–H groups in total. The summed E-state index contributed by atoms with van der Waals surface area (Å²) in [7, 11) is 3.77. The topological polar surface area (TPSA) is 37.4 Å². The smallest absolute Gasteiger partial charge is 0.136 e. The largest absolute Gasteiger partial charge is 0.497 e. The zero-order valence-corrected chi connectivity index (χ0v) is 12.5. The van der Waals surface area contributed by atoms with Gasteiger partial charge in [0, 0.05) is 31.7 Å². The van der Waals surface area contributed by atoms with Crippen LogP contribution in [0, 0.1) is 0 Å². The lowest BCUT2D eigenvalue weighted by Gasteiger charge is -2.20. The molecule has 4 nitrogen and oxygen atoms in total. The molecule has 0 radical (unpaired) electrons. The first-order chi connectivity index (χ1) is 9.76. The highest BCUT2D eigenvalue weighted by atomic mass is 16.5. The molecule has 1 aromatic heterocycles. The molecule has 2 rings (SSSR count). The minimum atomic E-state index is 0.877. The minimum Gasteiger partial charge on any atom is -0.497 e. The first kappa shape index (κ1) is 14.6. The van der Waals surface area contributed by atoms with Crippen LogP contribution in [0.1, 0.15) is 13.3 Å². The number of nitrogens with zero attached hydrogens (tertiary/aromatic N) is 2. The molecule has 108 valence electrons. The lowest BCUT2D eigenvalue weighted by Crippen LogP contribution is -2.30. The lowest BCUT2D eigenvalue weighted by atomic mass is 10.1. The molecule has 4 heteroatoms. The van der Waals surface area contributed by atoms with Crippen LogP contribution in [0.4, 0.5) is 5.82 Å². The normalized spacial score (nSPS) is 10.8. The summed E-state index contributed by atoms with van der Waals surface area (Å²) >= 11 is 0. The van der Waals surface area contributed by atoms with E-state index in [0.29, 0.717) is 0 Å². The molecule has 0 saturated heterocycles. The Balaban J connectivity index is 2.16. The van der Waals surface area contributed by atoms with Crippen molar-refractivity contribution in [3.63, 3.8) is 0 Å². The highest BCUT2D eigenvalue weighted by Crippen LogP contribution is 2.26. The van der Waals surface area contributed by atoms with E-state index in [0.717, 1.165) is 48.4 Å². The van der Waals surface area contributed by atoms with Crippen LogP contribution in [0.15, 0.2) is 30.5 Å². The van der Waals surface area contributed by atoms with Crippen LogP contribution >= 0.6 is 0 Å². The van der Waals surface area contributed by atoms with Gasteiger partial charge in [-0.2, -0.15) is 0 Å². The highest BCUT2D eigenvalue weighted by molar-refractivity contribution is 5.92. The molecule has 2 aromatic rings. The van der Waals surface area contributed by atoms with Gasteiger partial charge in [0.15, 0.2) is 0 Å². The first-order valence-corrected chi connectivity index (χ1v) is 7.11. The van der Waals surface area contributed by atoms with Crippen molar-refractivity contribution in [1.29, 1.82) is 0 Å². The summed E-state index contributed by atoms with van der Waals surface area (Å²) in [6.07, 6.45) is 3.02. The van der Waals surface area contributed by atoms with Gasteiger partial charge in [0.2, 0.25) is 0 Å². The van der Waals surface area contributed by atoms with Crippen molar-refractivity contribution in [1.82, 2.24) is 10.3 Å². The maximum absolute atomic E-state index is 5.27. The summed E-state index contributed by atoms with van der Waals surface area (Å²) in [5.41, 5.74) is 0. The Hall–Kier alpha value is -1.81. The monoisotopic (exact) mass is 273 g/mol. The Bertz CT molecular complexity index is 556. The highest BCUT2D eigenvalue weighted by Gasteiger charge is 2.07. The van der Waals surface area contributed by atoms with E-state index in [9.17, 15) is 0 Å². The molecule has 0 atom stereocenters. The van der Waals surface area contributed by atoms with Crippen molar-refractivity contribution in [2.45, 2.75) is 13.3 Å². The van der Waals surface area contributed by atoms with E-state index in [4.69, 9.17) is 4.74 Å². The van der Waals surface area contributed by atoms with E-state index in [1.165, 1.54) is 0 Å². The quantitative estimate of drug-likeness (QED) is 0.787. The van der Waals surface area contributed by atoms with Crippen LogP contribution in [0.25, 0.3) is 10.8 Å². The number of anilines is 1. The predicted molar refractivity (Wildman–Crippen MR) is 84.7 cm³/mol. The van der Waals surface area contributed by atoms with Gasteiger partial charge >= 0.3 is 0 Å². The Kier molecular flexibility index (Phi) is 5.18. The van der Waals surface area contributed by atoms with Crippen LogP contribution in [0.3, 0.4) is 0 Å². The third-order valence-corrected chi connectivity index (χ3v) is 3.36. The SMILES string of the molecule is CCCNCCN(C)c1nccc2cc(OC)ccc12. The molecular weight excluding hydrogens is 250 g/mol. The van der Waals surface area contributed by atoms with Crippen LogP contribution in [0.5, 0.6) is 5.75 Å². The fourth-order valence-corrected chi connectivity index (χ4v) is 2.23. The number of nitrogens with one attached hydrogen (secondary N) is 1. The van der Waals surface area contributed by atoms with E-state index >= 15 is 0 Å². The number of benzene rings is 1. The Labute approximate surface area is 120 Å². The van der Waals surface area contributed by atoms with Gasteiger partial charge in [-0.05, 0) is 42.6 Å². The second-order valence-corrected chi connectivity index (χ2v) is 4.89. The second-order valence-electron chi connectivity index (χ2n) is 4.89. The third-order valence-electron chi connectivity index (χ3n) is 3.36. The van der Waals surface area contributed by atoms with E-state index in [-0.39, 0.29) is 0 Å². The number of rotatable bonds is 7. The molecule has 0 unspecified atom stereocenters. The number of likely N-dealkylation sites (N-methyl/N-ethyl adjacent to an activating group) is 1. The fraction of sp³-hybridized carbons (Fsp3) is 0.438. The van der Waals surface area contributed by atoms with Gasteiger partial charge in [0.1, 0.15) is 11.6 Å². The van der Waals surface area contributed by atoms with Crippen LogP contribution in [0.2, 0.25) is 0 Å². The van der Waals surface area contributed by atoms with Gasteiger partial charge in [0.25, 0.3) is 0 Å². The summed E-state index contributed by atoms with van der Waals surface area (Å²) in [6, 6.07) is 8.12. The maximum atomic E-state index is 5.27. The van der Waals surface area contributed by atoms with E-state index in [1.54, 1.807) is 7.11 Å². The average Bonchev–Trinajstić information content (AvgIpc) is 2.50. The zero-order chi connectivity index (χ0) is 14.4. The summed E-state index contributed by atoms with van der Waals surface area (Å²) in [4.78, 5) is 6.71. The molecule has 1 aromatic carbocycles. The molecule has 0 aliphatic rings. The summed E-state index contributed by atoms with van der Waals surface area (Å²) in [6.45, 7) is 5.15. The van der Waals surface area contributed by atoms with Crippen molar-refractivity contribution in [3.05, 3.63) is 30.5 Å². The Morgan fingerprint density at radius 1 is 1.25 bits per heavy atom. The van der Waals surface area contributed by atoms with Crippen LogP contribution in [-0.2, 0) is 0 Å². The van der Waals surface area contributed by atoms with Crippen molar-refractivity contribution in [3.8, 4) is 5.75 Å². The Morgan fingerprint density at radius 2 is 2.10 bits per heavy atom. The average molecular weight is 273 g/mol. The summed E-state index contributed by atoms with van der Waals surface area (Å²) < 4.78 is 5.27. The van der Waals surface area contributed by atoms with E-state index in [1.807, 2.05) is 24.4 Å². The first-order valence-electron chi connectivity index (χ1n) is 7.11. The van der Waals surface area contributed by atoms with E-state index in [2.05, 4.69) is 35.2 Å². The number of ether oxygens (including phenoxy) is 1. The molecule has 20 heavy (non-hydrogen) atoms. The second kappa shape index (κ2) is 7.10. The van der Waals surface area contributed by atoms with Gasteiger partial charge < -0.3 is 15.0 Å². The zero-order valence-electron chi connectivity index (χ0n) is 12.5. The molecule has 0 aliphatic heterocycles. The maximum Gasteiger partial charge on any atom is 0.136 e. The van der Waals surface area contributed by atoms with Gasteiger partial charge in [-0.3, -0.25) is 0 Å². The molecule has 1 heterocycles. The van der Waals surface area contributed by atoms with Gasteiger partial charge in [-0.15, -0.1) is 0 Å². The van der Waals surface area contributed by atoms with Gasteiger partial charge in [-0.1, -0.05) is 6.92 Å². The predicted octanol–water partition coefficient (Wildman–Crippen LogP) is 2.68. The number of aromatic nitrogens is 1. The van der Waals surface area contributed by atoms with Crippen molar-refractivity contribution in [2.24, 2.45) is 0 Å². The number of pyridine rings is 1. The van der Waals surface area contributed by atoms with E-state index < -0.39 is 0 Å². The molecule has 0 amide bonds. The van der Waals surface area contributed by atoms with Crippen molar-refractivity contribution in [2.75, 3.05) is 38.7 Å². The molecular formula is C16H23N3O. The van der Waals surface area contributed by atoms with Gasteiger partial charge in [-0.25, -0.2) is 4.98 Å². The molecule has 0 spiro atoms. The lowest BCUT2D eigenvalue weighted by molar-refractivity contribution is 0.415. The number of methoxy groups -OCH3 is 1. The molecule has 0 aliphatic carbocycles.